The fraction of sp³-hybridized carbons (Fsp3) is 0.533. The Kier molecular flexibility index (Phi) is 4.81. The minimum Gasteiger partial charge on any atom is -0.494 e. The zero-order valence-corrected chi connectivity index (χ0v) is 13.3. The molecule has 1 aliphatic rings. The van der Waals surface area contributed by atoms with Gasteiger partial charge < -0.3 is 14.8 Å². The summed E-state index contributed by atoms with van der Waals surface area (Å²) >= 11 is 1.73. The standard InChI is InChI=1S/C15H22N2O2S/c1-5-18-11-7-8-13(19-6-2)12(9-11)16-14-17-15(3,4)10-20-14/h7-9H,5-6,10H2,1-4H3,(H,16,17). The van der Waals surface area contributed by atoms with Gasteiger partial charge in [0.1, 0.15) is 11.5 Å². The van der Waals surface area contributed by atoms with Crippen LogP contribution in [0.2, 0.25) is 0 Å². The number of hydrogen-bond donors (Lipinski definition) is 1. The van der Waals surface area contributed by atoms with E-state index >= 15 is 0 Å². The Morgan fingerprint density at radius 1 is 1.25 bits per heavy atom. The molecular formula is C15H22N2O2S. The molecule has 0 atom stereocenters. The van der Waals surface area contributed by atoms with E-state index in [0.29, 0.717) is 13.2 Å². The van der Waals surface area contributed by atoms with Crippen molar-refractivity contribution in [1.82, 2.24) is 0 Å². The van der Waals surface area contributed by atoms with Crippen LogP contribution < -0.4 is 14.8 Å². The summed E-state index contributed by atoms with van der Waals surface area (Å²) in [5, 5.41) is 4.29. The minimum atomic E-state index is -0.00367. The molecule has 0 unspecified atom stereocenters. The molecule has 0 amide bonds. The maximum Gasteiger partial charge on any atom is 0.161 e. The van der Waals surface area contributed by atoms with Crippen molar-refractivity contribution >= 4 is 22.6 Å². The van der Waals surface area contributed by atoms with E-state index in [1.165, 1.54) is 0 Å². The molecule has 0 saturated heterocycles. The summed E-state index contributed by atoms with van der Waals surface area (Å²) in [6, 6.07) is 5.82. The molecule has 110 valence electrons. The highest BCUT2D eigenvalue weighted by Gasteiger charge is 2.25. The number of amidine groups is 1. The van der Waals surface area contributed by atoms with Crippen molar-refractivity contribution < 1.29 is 9.47 Å². The fourth-order valence-electron chi connectivity index (χ4n) is 1.91. The second kappa shape index (κ2) is 6.39. The van der Waals surface area contributed by atoms with Crippen LogP contribution in [0.1, 0.15) is 27.7 Å². The molecule has 1 heterocycles. The normalized spacial score (nSPS) is 16.7. The molecule has 1 N–H and O–H groups in total. The SMILES string of the molecule is CCOc1ccc(OCC)c(NC2=NC(C)(C)CS2)c1. The Morgan fingerprint density at radius 2 is 2.00 bits per heavy atom. The minimum absolute atomic E-state index is 0.00367. The summed E-state index contributed by atoms with van der Waals surface area (Å²) < 4.78 is 11.2. The smallest absolute Gasteiger partial charge is 0.161 e. The Hall–Kier alpha value is -1.36. The molecule has 4 nitrogen and oxygen atoms in total. The van der Waals surface area contributed by atoms with Gasteiger partial charge in [0, 0.05) is 11.8 Å². The van der Waals surface area contributed by atoms with E-state index in [1.54, 1.807) is 11.8 Å². The zero-order chi connectivity index (χ0) is 14.6. The van der Waals surface area contributed by atoms with Crippen LogP contribution in [0.4, 0.5) is 5.69 Å². The van der Waals surface area contributed by atoms with Crippen LogP contribution in [0.5, 0.6) is 11.5 Å². The van der Waals surface area contributed by atoms with Gasteiger partial charge in [-0.25, -0.2) is 0 Å². The molecule has 0 radical (unpaired) electrons. The number of nitrogens with zero attached hydrogens (tertiary/aromatic N) is 1. The third-order valence-corrected chi connectivity index (χ3v) is 4.09. The highest BCUT2D eigenvalue weighted by molar-refractivity contribution is 8.14. The van der Waals surface area contributed by atoms with E-state index < -0.39 is 0 Å². The second-order valence-electron chi connectivity index (χ2n) is 5.17. The van der Waals surface area contributed by atoms with Crippen molar-refractivity contribution in [2.45, 2.75) is 33.2 Å². The van der Waals surface area contributed by atoms with Gasteiger partial charge in [-0.1, -0.05) is 11.8 Å². The summed E-state index contributed by atoms with van der Waals surface area (Å²) in [5.41, 5.74) is 0.901. The van der Waals surface area contributed by atoms with Crippen molar-refractivity contribution in [2.24, 2.45) is 4.99 Å². The molecule has 1 aromatic carbocycles. The van der Waals surface area contributed by atoms with Crippen molar-refractivity contribution in [2.75, 3.05) is 24.3 Å². The monoisotopic (exact) mass is 294 g/mol. The van der Waals surface area contributed by atoms with Gasteiger partial charge in [0.2, 0.25) is 0 Å². The first-order chi connectivity index (χ1) is 9.54. The van der Waals surface area contributed by atoms with E-state index in [1.807, 2.05) is 32.0 Å². The number of thioether (sulfide) groups is 1. The highest BCUT2D eigenvalue weighted by Crippen LogP contribution is 2.33. The van der Waals surface area contributed by atoms with Crippen LogP contribution in [-0.2, 0) is 0 Å². The predicted octanol–water partition coefficient (Wildman–Crippen LogP) is 3.78. The van der Waals surface area contributed by atoms with Gasteiger partial charge in [0.15, 0.2) is 5.17 Å². The molecular weight excluding hydrogens is 272 g/mol. The van der Waals surface area contributed by atoms with Gasteiger partial charge in [-0.2, -0.15) is 0 Å². The maximum absolute atomic E-state index is 5.65. The summed E-state index contributed by atoms with van der Waals surface area (Å²) in [7, 11) is 0. The van der Waals surface area contributed by atoms with Crippen LogP contribution in [0, 0.1) is 0 Å². The van der Waals surface area contributed by atoms with Crippen molar-refractivity contribution in [3.05, 3.63) is 18.2 Å². The quantitative estimate of drug-likeness (QED) is 0.897. The van der Waals surface area contributed by atoms with E-state index in [4.69, 9.17) is 9.47 Å². The lowest BCUT2D eigenvalue weighted by Crippen LogP contribution is -2.15. The molecule has 0 spiro atoms. The van der Waals surface area contributed by atoms with Crippen LogP contribution in [0.25, 0.3) is 0 Å². The van der Waals surface area contributed by atoms with Gasteiger partial charge >= 0.3 is 0 Å². The Morgan fingerprint density at radius 3 is 2.60 bits per heavy atom. The molecule has 20 heavy (non-hydrogen) atoms. The molecule has 5 heteroatoms. The van der Waals surface area contributed by atoms with Crippen molar-refractivity contribution in [1.29, 1.82) is 0 Å². The van der Waals surface area contributed by atoms with Gasteiger partial charge in [0.25, 0.3) is 0 Å². The molecule has 0 aromatic heterocycles. The molecule has 0 fully saturated rings. The van der Waals surface area contributed by atoms with Gasteiger partial charge in [-0.3, -0.25) is 4.99 Å². The van der Waals surface area contributed by atoms with E-state index in [9.17, 15) is 0 Å². The third kappa shape index (κ3) is 3.82. The lowest BCUT2D eigenvalue weighted by Gasteiger charge is -2.14. The number of ether oxygens (including phenoxy) is 2. The van der Waals surface area contributed by atoms with Crippen LogP contribution in [-0.4, -0.2) is 29.7 Å². The largest absolute Gasteiger partial charge is 0.494 e. The second-order valence-corrected chi connectivity index (χ2v) is 6.13. The van der Waals surface area contributed by atoms with E-state index in [2.05, 4.69) is 24.2 Å². The average Bonchev–Trinajstić information content (AvgIpc) is 2.72. The van der Waals surface area contributed by atoms with Crippen molar-refractivity contribution in [3.63, 3.8) is 0 Å². The number of benzene rings is 1. The maximum atomic E-state index is 5.65. The lowest BCUT2D eigenvalue weighted by molar-refractivity contribution is 0.332. The fourth-order valence-corrected chi connectivity index (χ4v) is 2.96. The Balaban J connectivity index is 2.21. The lowest BCUT2D eigenvalue weighted by atomic mass is 10.1. The Labute approximate surface area is 125 Å². The van der Waals surface area contributed by atoms with E-state index in [0.717, 1.165) is 28.1 Å². The first-order valence-corrected chi connectivity index (χ1v) is 7.92. The number of hydrogen-bond acceptors (Lipinski definition) is 5. The van der Waals surface area contributed by atoms with Crippen LogP contribution in [0.3, 0.4) is 0 Å². The van der Waals surface area contributed by atoms with Crippen molar-refractivity contribution in [3.8, 4) is 11.5 Å². The summed E-state index contributed by atoms with van der Waals surface area (Å²) in [5.74, 6) is 2.65. The zero-order valence-electron chi connectivity index (χ0n) is 12.5. The molecule has 1 aliphatic heterocycles. The number of aliphatic imine (C=N–C) groups is 1. The predicted molar refractivity (Wildman–Crippen MR) is 86.4 cm³/mol. The van der Waals surface area contributed by atoms with Crippen LogP contribution in [0.15, 0.2) is 23.2 Å². The van der Waals surface area contributed by atoms with Crippen LogP contribution >= 0.6 is 11.8 Å². The number of anilines is 1. The van der Waals surface area contributed by atoms with Gasteiger partial charge in [0.05, 0.1) is 24.4 Å². The molecule has 0 bridgehead atoms. The number of nitrogens with one attached hydrogen (secondary N) is 1. The summed E-state index contributed by atoms with van der Waals surface area (Å²) in [6.45, 7) is 9.50. The van der Waals surface area contributed by atoms with Gasteiger partial charge in [-0.15, -0.1) is 0 Å². The van der Waals surface area contributed by atoms with E-state index in [-0.39, 0.29) is 5.54 Å². The molecule has 0 saturated carbocycles. The Bertz CT molecular complexity index is 501. The highest BCUT2D eigenvalue weighted by atomic mass is 32.2. The summed E-state index contributed by atoms with van der Waals surface area (Å²) in [6.07, 6.45) is 0. The first kappa shape index (κ1) is 15.0. The summed E-state index contributed by atoms with van der Waals surface area (Å²) in [4.78, 5) is 4.66. The first-order valence-electron chi connectivity index (χ1n) is 6.93. The molecule has 2 rings (SSSR count). The van der Waals surface area contributed by atoms with Gasteiger partial charge in [-0.05, 0) is 39.8 Å². The molecule has 0 aliphatic carbocycles. The average molecular weight is 294 g/mol. The third-order valence-electron chi connectivity index (χ3n) is 2.77. The number of rotatable bonds is 5. The molecule has 1 aromatic rings. The topological polar surface area (TPSA) is 42.9 Å².